The Bertz CT molecular complexity index is 158. The Morgan fingerprint density at radius 3 is 2.50 bits per heavy atom. The van der Waals surface area contributed by atoms with Crippen LogP contribution in [0.3, 0.4) is 0 Å². The Kier molecular flexibility index (Phi) is 5.09. The van der Waals surface area contributed by atoms with Gasteiger partial charge in [-0.3, -0.25) is 4.79 Å². The molecule has 2 nitrogen and oxygen atoms in total. The summed E-state index contributed by atoms with van der Waals surface area (Å²) in [6, 6.07) is 0. The molecule has 0 aromatic heterocycles. The van der Waals surface area contributed by atoms with E-state index in [0.29, 0.717) is 12.0 Å². The van der Waals surface area contributed by atoms with E-state index in [4.69, 9.17) is 4.43 Å². The minimum Gasteiger partial charge on any atom is -0.418 e. The summed E-state index contributed by atoms with van der Waals surface area (Å²) < 4.78 is 5.59. The largest absolute Gasteiger partial charge is 0.418 e. The van der Waals surface area contributed by atoms with Gasteiger partial charge in [-0.1, -0.05) is 6.58 Å². The van der Waals surface area contributed by atoms with Gasteiger partial charge in [0.1, 0.15) is 0 Å². The van der Waals surface area contributed by atoms with Crippen LogP contribution in [-0.2, 0) is 9.22 Å². The minimum absolute atomic E-state index is 0.536. The van der Waals surface area contributed by atoms with E-state index >= 15 is 0 Å². The zero-order valence-corrected chi connectivity index (χ0v) is 9.14. The van der Waals surface area contributed by atoms with Gasteiger partial charge < -0.3 is 4.43 Å². The van der Waals surface area contributed by atoms with E-state index in [-0.39, 0.29) is 0 Å². The van der Waals surface area contributed by atoms with Crippen LogP contribution in [0.4, 0.5) is 0 Å². The first kappa shape index (κ1) is 11.6. The summed E-state index contributed by atoms with van der Waals surface area (Å²) in [5.74, 6) is 0. The highest BCUT2D eigenvalue weighted by Gasteiger charge is 2.12. The van der Waals surface area contributed by atoms with Crippen LogP contribution in [0.1, 0.15) is 12.8 Å². The van der Waals surface area contributed by atoms with E-state index in [0.717, 1.165) is 13.0 Å². The summed E-state index contributed by atoms with van der Waals surface area (Å²) in [5, 5.41) is 0. The van der Waals surface area contributed by atoms with Crippen molar-refractivity contribution in [3.05, 3.63) is 12.2 Å². The van der Waals surface area contributed by atoms with Crippen molar-refractivity contribution in [1.29, 1.82) is 0 Å². The highest BCUT2D eigenvalue weighted by atomic mass is 28.4. The molecule has 69 valence electrons. The number of rotatable bonds is 6. The van der Waals surface area contributed by atoms with Crippen molar-refractivity contribution in [2.45, 2.75) is 32.5 Å². The average Bonchev–Trinajstić information content (AvgIpc) is 1.96. The lowest BCUT2D eigenvalue weighted by Crippen LogP contribution is -2.25. The van der Waals surface area contributed by atoms with Crippen molar-refractivity contribution < 1.29 is 9.22 Å². The monoisotopic (exact) mass is 185 g/mol. The van der Waals surface area contributed by atoms with Crippen molar-refractivity contribution in [3.63, 3.8) is 0 Å². The molecule has 0 rings (SSSR count). The third-order valence-electron chi connectivity index (χ3n) is 1.30. The summed E-state index contributed by atoms with van der Waals surface area (Å²) in [5.41, 5.74) is 0.536. The van der Waals surface area contributed by atoms with Crippen LogP contribution >= 0.6 is 0 Å². The van der Waals surface area contributed by atoms with Gasteiger partial charge in [0.2, 0.25) is 6.29 Å². The molecule has 0 unspecified atom stereocenters. The topological polar surface area (TPSA) is 26.3 Å². The van der Waals surface area contributed by atoms with Crippen LogP contribution in [0.5, 0.6) is 0 Å². The van der Waals surface area contributed by atoms with Gasteiger partial charge in [0.25, 0.3) is 0 Å². The average molecular weight is 185 g/mol. The van der Waals surface area contributed by atoms with Crippen molar-refractivity contribution in [2.24, 2.45) is 0 Å². The fourth-order valence-corrected chi connectivity index (χ4v) is 1.47. The number of hydrogen-bond donors (Lipinski definition) is 0. The van der Waals surface area contributed by atoms with Gasteiger partial charge in [0.15, 0.2) is 8.32 Å². The summed E-state index contributed by atoms with van der Waals surface area (Å²) in [6.07, 6.45) is 3.35. The first-order chi connectivity index (χ1) is 5.45. The maximum absolute atomic E-state index is 10.0. The molecule has 0 aliphatic carbocycles. The third-order valence-corrected chi connectivity index (χ3v) is 2.37. The molecule has 0 spiro atoms. The first-order valence-electron chi connectivity index (χ1n) is 4.15. The lowest BCUT2D eigenvalue weighted by Gasteiger charge is -2.16. The molecule has 0 aromatic carbocycles. The van der Waals surface area contributed by atoms with Crippen LogP contribution in [-0.4, -0.2) is 21.2 Å². The molecule has 0 saturated heterocycles. The molecule has 0 bridgehead atoms. The van der Waals surface area contributed by atoms with Crippen LogP contribution in [0.25, 0.3) is 0 Å². The number of hydrogen-bond acceptors (Lipinski definition) is 2. The third kappa shape index (κ3) is 7.69. The summed E-state index contributed by atoms with van der Waals surface area (Å²) in [6.45, 7) is 10.7. The molecule has 0 aliphatic rings. The predicted octanol–water partition coefficient (Wildman–Crippen LogP) is 2.28. The Morgan fingerprint density at radius 2 is 2.08 bits per heavy atom. The van der Waals surface area contributed by atoms with E-state index in [1.54, 1.807) is 6.29 Å². The minimum atomic E-state index is -1.37. The molecule has 0 amide bonds. The molecular formula is C9H17O2Si. The maximum atomic E-state index is 10.0. The molecule has 0 N–H and O–H groups in total. The Balaban J connectivity index is 3.34. The van der Waals surface area contributed by atoms with Crippen molar-refractivity contribution in [1.82, 2.24) is 0 Å². The molecular weight excluding hydrogens is 168 g/mol. The smallest absolute Gasteiger partial charge is 0.228 e. The number of allylic oxidation sites excluding steroid dienone is 1. The maximum Gasteiger partial charge on any atom is 0.228 e. The molecule has 0 saturated carbocycles. The van der Waals surface area contributed by atoms with Crippen molar-refractivity contribution in [3.8, 4) is 0 Å². The number of carbonyl (C=O) groups excluding carboxylic acids is 1. The zero-order valence-electron chi connectivity index (χ0n) is 8.14. The van der Waals surface area contributed by atoms with Gasteiger partial charge in [-0.2, -0.15) is 0 Å². The molecule has 0 aromatic rings. The molecule has 0 aliphatic heterocycles. The van der Waals surface area contributed by atoms with E-state index < -0.39 is 8.32 Å². The first-order valence-corrected chi connectivity index (χ1v) is 7.56. The van der Waals surface area contributed by atoms with Crippen molar-refractivity contribution >= 4 is 14.6 Å². The fourth-order valence-electron chi connectivity index (χ4n) is 0.715. The summed E-state index contributed by atoms with van der Waals surface area (Å²) >= 11 is 0. The second-order valence-electron chi connectivity index (χ2n) is 3.77. The van der Waals surface area contributed by atoms with Crippen LogP contribution < -0.4 is 0 Å². The second kappa shape index (κ2) is 5.27. The lowest BCUT2D eigenvalue weighted by molar-refractivity contribution is 0.305. The molecule has 3 heteroatoms. The van der Waals surface area contributed by atoms with Gasteiger partial charge in [-0.15, -0.1) is 0 Å². The molecule has 0 atom stereocenters. The van der Waals surface area contributed by atoms with E-state index in [9.17, 15) is 4.79 Å². The van der Waals surface area contributed by atoms with Crippen LogP contribution in [0.2, 0.25) is 19.6 Å². The lowest BCUT2D eigenvalue weighted by atomic mass is 10.2. The Labute approximate surface area is 75.7 Å². The molecule has 0 fully saturated rings. The molecule has 12 heavy (non-hydrogen) atoms. The predicted molar refractivity (Wildman–Crippen MR) is 53.4 cm³/mol. The second-order valence-corrected chi connectivity index (χ2v) is 8.28. The van der Waals surface area contributed by atoms with Gasteiger partial charge >= 0.3 is 0 Å². The molecule has 0 heterocycles. The highest BCUT2D eigenvalue weighted by Crippen LogP contribution is 2.05. The van der Waals surface area contributed by atoms with E-state index in [2.05, 4.69) is 26.2 Å². The molecule has 1 radical (unpaired) electrons. The van der Waals surface area contributed by atoms with Crippen LogP contribution in [0.15, 0.2) is 12.2 Å². The summed E-state index contributed by atoms with van der Waals surface area (Å²) in [4.78, 5) is 10.0. The van der Waals surface area contributed by atoms with Crippen molar-refractivity contribution in [2.75, 3.05) is 6.61 Å². The van der Waals surface area contributed by atoms with Gasteiger partial charge in [-0.05, 0) is 38.1 Å². The van der Waals surface area contributed by atoms with Gasteiger partial charge in [-0.25, -0.2) is 0 Å². The van der Waals surface area contributed by atoms with E-state index in [1.165, 1.54) is 0 Å². The van der Waals surface area contributed by atoms with Gasteiger partial charge in [0.05, 0.1) is 0 Å². The van der Waals surface area contributed by atoms with Gasteiger partial charge in [0, 0.05) is 6.61 Å². The SMILES string of the molecule is C=C([C]=O)CCCO[Si](C)(C)C. The quantitative estimate of drug-likeness (QED) is 0.360. The summed E-state index contributed by atoms with van der Waals surface area (Å²) in [7, 11) is -1.37. The van der Waals surface area contributed by atoms with Crippen LogP contribution in [0, 0.1) is 0 Å². The fraction of sp³-hybridized carbons (Fsp3) is 0.667. The Hall–Kier alpha value is -0.413. The van der Waals surface area contributed by atoms with E-state index in [1.807, 2.05) is 0 Å². The zero-order chi connectivity index (χ0) is 9.61. The Morgan fingerprint density at radius 1 is 1.50 bits per heavy atom. The normalized spacial score (nSPS) is 11.2. The highest BCUT2D eigenvalue weighted by molar-refractivity contribution is 6.69. The standard InChI is InChI=1S/C9H17O2Si/c1-9(8-10)6-5-7-11-12(2,3)4/h1,5-7H2,2-4H3.